The fraction of sp³-hybridized carbons (Fsp3) is 0.222. The van der Waals surface area contributed by atoms with Gasteiger partial charge >= 0.3 is 0 Å². The van der Waals surface area contributed by atoms with E-state index in [0.29, 0.717) is 0 Å². The number of pyridine rings is 1. The van der Waals surface area contributed by atoms with E-state index in [-0.39, 0.29) is 0 Å². The van der Waals surface area contributed by atoms with Gasteiger partial charge in [-0.25, -0.2) is 9.97 Å². The highest BCUT2D eigenvalue weighted by Crippen LogP contribution is 2.26. The molecule has 0 saturated heterocycles. The molecule has 2 aromatic heterocycles. The van der Waals surface area contributed by atoms with E-state index in [1.54, 1.807) is 17.8 Å². The maximum absolute atomic E-state index is 4.49. The zero-order chi connectivity index (χ0) is 15.9. The van der Waals surface area contributed by atoms with Crippen LogP contribution in [0.1, 0.15) is 23.9 Å². The van der Waals surface area contributed by atoms with Crippen LogP contribution < -0.4 is 0 Å². The Labute approximate surface area is 136 Å². The van der Waals surface area contributed by atoms with Crippen LogP contribution in [-0.4, -0.2) is 14.5 Å². The first-order chi connectivity index (χ1) is 10.7. The number of allylic oxidation sites excluding steroid dienone is 4. The van der Waals surface area contributed by atoms with Gasteiger partial charge in [0, 0.05) is 24.6 Å². The Morgan fingerprint density at radius 3 is 2.73 bits per heavy atom. The zero-order valence-electron chi connectivity index (χ0n) is 13.1. The Bertz CT molecular complexity index is 681. The van der Waals surface area contributed by atoms with Crippen molar-refractivity contribution < 1.29 is 0 Å². The van der Waals surface area contributed by atoms with E-state index in [1.165, 1.54) is 5.56 Å². The Kier molecular flexibility index (Phi) is 5.78. The maximum atomic E-state index is 4.49. The predicted octanol–water partition coefficient (Wildman–Crippen LogP) is 4.43. The summed E-state index contributed by atoms with van der Waals surface area (Å²) in [6.45, 7) is 9.74. The van der Waals surface area contributed by atoms with E-state index in [2.05, 4.69) is 42.2 Å². The Balaban J connectivity index is 2.18. The number of rotatable bonds is 7. The third-order valence-electron chi connectivity index (χ3n) is 3.41. The van der Waals surface area contributed by atoms with Gasteiger partial charge in [0.1, 0.15) is 0 Å². The lowest BCUT2D eigenvalue weighted by molar-refractivity contribution is 0.865. The Morgan fingerprint density at radius 2 is 2.14 bits per heavy atom. The summed E-state index contributed by atoms with van der Waals surface area (Å²) in [6, 6.07) is 4.21. The molecule has 0 bridgehead atoms. The second kappa shape index (κ2) is 7.80. The van der Waals surface area contributed by atoms with Crippen LogP contribution in [-0.2, 0) is 19.2 Å². The molecule has 0 aromatic carbocycles. The molecule has 2 rings (SSSR count). The lowest BCUT2D eigenvalue weighted by Gasteiger charge is -2.07. The van der Waals surface area contributed by atoms with E-state index in [9.17, 15) is 0 Å². The average molecular weight is 311 g/mol. The van der Waals surface area contributed by atoms with E-state index >= 15 is 0 Å². The molecule has 0 N–H and O–H groups in total. The highest BCUT2D eigenvalue weighted by atomic mass is 32.2. The topological polar surface area (TPSA) is 30.7 Å². The van der Waals surface area contributed by atoms with Gasteiger partial charge in [-0.15, -0.1) is 11.8 Å². The second-order valence-corrected chi connectivity index (χ2v) is 5.86. The number of hydrogen-bond acceptors (Lipinski definition) is 3. The van der Waals surface area contributed by atoms with Gasteiger partial charge in [0.2, 0.25) is 0 Å². The zero-order valence-corrected chi connectivity index (χ0v) is 13.9. The van der Waals surface area contributed by atoms with Gasteiger partial charge < -0.3 is 4.57 Å². The van der Waals surface area contributed by atoms with Crippen LogP contribution in [0.25, 0.3) is 5.57 Å². The fourth-order valence-corrected chi connectivity index (χ4v) is 3.00. The van der Waals surface area contributed by atoms with Gasteiger partial charge in [0.25, 0.3) is 0 Å². The summed E-state index contributed by atoms with van der Waals surface area (Å²) in [5.41, 5.74) is 4.35. The highest BCUT2D eigenvalue weighted by Gasteiger charge is 2.12. The van der Waals surface area contributed by atoms with Gasteiger partial charge in [0.05, 0.1) is 22.7 Å². The summed E-state index contributed by atoms with van der Waals surface area (Å²) < 4.78 is 2.04. The van der Waals surface area contributed by atoms with Gasteiger partial charge in [-0.1, -0.05) is 44.4 Å². The minimum Gasteiger partial charge on any atom is -0.336 e. The van der Waals surface area contributed by atoms with Gasteiger partial charge in [0.15, 0.2) is 0 Å². The number of aromatic nitrogens is 3. The van der Waals surface area contributed by atoms with E-state index in [0.717, 1.165) is 34.2 Å². The first kappa shape index (κ1) is 16.3. The van der Waals surface area contributed by atoms with Crippen LogP contribution >= 0.6 is 11.8 Å². The molecule has 0 aliphatic heterocycles. The molecule has 0 aliphatic carbocycles. The summed E-state index contributed by atoms with van der Waals surface area (Å²) in [7, 11) is 2.01. The van der Waals surface area contributed by atoms with Crippen LogP contribution in [0.5, 0.6) is 0 Å². The van der Waals surface area contributed by atoms with Crippen LogP contribution in [0.2, 0.25) is 0 Å². The van der Waals surface area contributed by atoms with E-state index in [4.69, 9.17) is 0 Å². The van der Waals surface area contributed by atoms with Crippen molar-refractivity contribution in [3.63, 3.8) is 0 Å². The molecule has 0 atom stereocenters. The normalized spacial score (nSPS) is 11.5. The molecule has 2 heterocycles. The quantitative estimate of drug-likeness (QED) is 0.560. The van der Waals surface area contributed by atoms with Crippen molar-refractivity contribution in [1.29, 1.82) is 0 Å². The highest BCUT2D eigenvalue weighted by molar-refractivity contribution is 7.98. The van der Waals surface area contributed by atoms with Crippen LogP contribution in [0.3, 0.4) is 0 Å². The third kappa shape index (κ3) is 3.77. The molecule has 4 heteroatoms. The van der Waals surface area contributed by atoms with Crippen LogP contribution in [0, 0.1) is 0 Å². The monoisotopic (exact) mass is 311 g/mol. The number of nitrogens with zero attached hydrogens (tertiary/aromatic N) is 3. The molecule has 3 nitrogen and oxygen atoms in total. The molecular weight excluding hydrogens is 290 g/mol. The molecule has 0 saturated carbocycles. The summed E-state index contributed by atoms with van der Waals surface area (Å²) in [4.78, 5) is 8.98. The van der Waals surface area contributed by atoms with Crippen LogP contribution in [0.4, 0.5) is 0 Å². The number of thioether (sulfide) groups is 1. The second-order valence-electron chi connectivity index (χ2n) is 4.86. The van der Waals surface area contributed by atoms with Crippen molar-refractivity contribution >= 4 is 17.3 Å². The van der Waals surface area contributed by atoms with Crippen molar-refractivity contribution in [2.45, 2.75) is 24.1 Å². The summed E-state index contributed by atoms with van der Waals surface area (Å²) in [6.07, 6.45) is 10.3. The SMILES string of the molecule is C=C/C=C(\C=C)c1ncn(C)c1CSc1ccc(CC)cn1. The molecular formula is C18H21N3S. The summed E-state index contributed by atoms with van der Waals surface area (Å²) in [5, 5.41) is 1.03. The minimum absolute atomic E-state index is 0.812. The van der Waals surface area contributed by atoms with Crippen molar-refractivity contribution in [3.8, 4) is 0 Å². The first-order valence-electron chi connectivity index (χ1n) is 7.23. The smallest absolute Gasteiger partial charge is 0.0963 e. The first-order valence-corrected chi connectivity index (χ1v) is 8.21. The molecule has 0 radical (unpaired) electrons. The molecule has 114 valence electrons. The lowest BCUT2D eigenvalue weighted by atomic mass is 10.1. The Morgan fingerprint density at radius 1 is 1.32 bits per heavy atom. The summed E-state index contributed by atoms with van der Waals surface area (Å²) in [5.74, 6) is 0.812. The summed E-state index contributed by atoms with van der Waals surface area (Å²) >= 11 is 1.71. The molecule has 0 amide bonds. The number of imidazole rings is 1. The maximum Gasteiger partial charge on any atom is 0.0963 e. The Hall–Kier alpha value is -2.07. The third-order valence-corrected chi connectivity index (χ3v) is 4.37. The van der Waals surface area contributed by atoms with Gasteiger partial charge in [-0.05, 0) is 18.1 Å². The molecule has 0 fully saturated rings. The van der Waals surface area contributed by atoms with Crippen molar-refractivity contribution in [2.24, 2.45) is 7.05 Å². The largest absolute Gasteiger partial charge is 0.336 e. The van der Waals surface area contributed by atoms with Crippen molar-refractivity contribution in [1.82, 2.24) is 14.5 Å². The molecule has 0 spiro atoms. The molecule has 0 aliphatic rings. The molecule has 0 unspecified atom stereocenters. The average Bonchev–Trinajstić information content (AvgIpc) is 2.92. The van der Waals surface area contributed by atoms with E-state index < -0.39 is 0 Å². The fourth-order valence-electron chi connectivity index (χ4n) is 2.09. The van der Waals surface area contributed by atoms with Crippen molar-refractivity contribution in [2.75, 3.05) is 0 Å². The van der Waals surface area contributed by atoms with Crippen LogP contribution in [0.15, 0.2) is 61.1 Å². The number of aryl methyl sites for hydroxylation is 2. The van der Waals surface area contributed by atoms with Gasteiger partial charge in [-0.2, -0.15) is 0 Å². The van der Waals surface area contributed by atoms with E-state index in [1.807, 2.05) is 36.3 Å². The van der Waals surface area contributed by atoms with Gasteiger partial charge in [-0.3, -0.25) is 0 Å². The molecule has 2 aromatic rings. The number of hydrogen-bond donors (Lipinski definition) is 0. The van der Waals surface area contributed by atoms with Crippen molar-refractivity contribution in [3.05, 3.63) is 73.0 Å². The predicted molar refractivity (Wildman–Crippen MR) is 94.8 cm³/mol. The standard InChI is InChI=1S/C18H21N3S/c1-5-8-15(7-3)18-16(21(4)13-20-18)12-22-17-10-9-14(6-2)11-19-17/h5,7-11,13H,1,3,6,12H2,2,4H3/b15-8+. The molecule has 22 heavy (non-hydrogen) atoms. The minimum atomic E-state index is 0.812. The lowest BCUT2D eigenvalue weighted by Crippen LogP contribution is -1.97.